The third kappa shape index (κ3) is 64.8. The molecule has 0 heterocycles. The molecule has 2 unspecified atom stereocenters. The molecule has 90 heavy (non-hydrogen) atoms. The van der Waals surface area contributed by atoms with Crippen LogP contribution in [-0.2, 0) is 65.4 Å². The van der Waals surface area contributed by atoms with E-state index in [2.05, 4.69) is 34.6 Å². The Kier molecular flexibility index (Phi) is 63.0. The summed E-state index contributed by atoms with van der Waals surface area (Å²) in [7, 11) is -9.90. The van der Waals surface area contributed by atoms with E-state index in [4.69, 9.17) is 37.0 Å². The molecule has 3 N–H and O–H groups in total. The summed E-state index contributed by atoms with van der Waals surface area (Å²) in [6.07, 6.45) is 51.3. The first kappa shape index (κ1) is 88.1. The van der Waals surface area contributed by atoms with Crippen LogP contribution in [0.1, 0.15) is 369 Å². The lowest BCUT2D eigenvalue weighted by Gasteiger charge is -2.21. The molecule has 0 fully saturated rings. The summed E-state index contributed by atoms with van der Waals surface area (Å²) in [6, 6.07) is 0. The lowest BCUT2D eigenvalue weighted by Crippen LogP contribution is -2.30. The maximum Gasteiger partial charge on any atom is 0.472 e. The minimum absolute atomic E-state index is 0.107. The molecule has 0 aromatic heterocycles. The largest absolute Gasteiger partial charge is 0.472 e. The molecule has 0 spiro atoms. The van der Waals surface area contributed by atoms with Crippen molar-refractivity contribution < 1.29 is 80.2 Å². The van der Waals surface area contributed by atoms with Gasteiger partial charge in [-0.3, -0.25) is 37.3 Å². The molecule has 0 amide bonds. The number of rotatable bonds is 71. The van der Waals surface area contributed by atoms with E-state index in [0.717, 1.165) is 95.8 Å². The molecule has 0 aliphatic rings. The highest BCUT2D eigenvalue weighted by Crippen LogP contribution is 2.45. The summed E-state index contributed by atoms with van der Waals surface area (Å²) in [5.74, 6) is -1.38. The average molecular weight is 1330 g/mol. The maximum atomic E-state index is 13.0. The number of phosphoric acid groups is 2. The monoisotopic (exact) mass is 1320 g/mol. The summed E-state index contributed by atoms with van der Waals surface area (Å²) < 4.78 is 68.3. The van der Waals surface area contributed by atoms with E-state index in [1.54, 1.807) is 0 Å². The molecule has 0 aromatic carbocycles. The fraction of sp³-hybridized carbons (Fsp3) is 0.944. The first-order chi connectivity index (χ1) is 43.5. The predicted molar refractivity (Wildman–Crippen MR) is 363 cm³/mol. The van der Waals surface area contributed by atoms with Crippen molar-refractivity contribution in [1.29, 1.82) is 0 Å². The van der Waals surface area contributed by atoms with Gasteiger partial charge in [0, 0.05) is 25.7 Å². The van der Waals surface area contributed by atoms with Crippen LogP contribution in [0.2, 0.25) is 0 Å². The van der Waals surface area contributed by atoms with Gasteiger partial charge in [0.1, 0.15) is 19.3 Å². The van der Waals surface area contributed by atoms with E-state index >= 15 is 0 Å². The van der Waals surface area contributed by atoms with Crippen molar-refractivity contribution in [3.63, 3.8) is 0 Å². The highest BCUT2D eigenvalue weighted by atomic mass is 31.2. The summed E-state index contributed by atoms with van der Waals surface area (Å²) in [5.41, 5.74) is 0. The second-order valence-electron chi connectivity index (χ2n) is 26.1. The summed E-state index contributed by atoms with van der Waals surface area (Å²) in [4.78, 5) is 72.5. The zero-order valence-electron chi connectivity index (χ0n) is 58.3. The van der Waals surface area contributed by atoms with Crippen LogP contribution in [0, 0.1) is 5.92 Å². The number of hydrogen-bond acceptors (Lipinski definition) is 15. The van der Waals surface area contributed by atoms with E-state index in [1.807, 2.05) is 0 Å². The second kappa shape index (κ2) is 64.4. The summed E-state index contributed by atoms with van der Waals surface area (Å²) >= 11 is 0. The first-order valence-corrected chi connectivity index (χ1v) is 40.1. The van der Waals surface area contributed by atoms with Gasteiger partial charge in [-0.1, -0.05) is 317 Å². The lowest BCUT2D eigenvalue weighted by atomic mass is 10.0. The molecule has 0 aromatic rings. The van der Waals surface area contributed by atoms with Crippen LogP contribution in [-0.4, -0.2) is 96.7 Å². The van der Waals surface area contributed by atoms with Gasteiger partial charge in [-0.05, 0) is 31.6 Å². The van der Waals surface area contributed by atoms with Gasteiger partial charge in [-0.15, -0.1) is 0 Å². The average Bonchev–Trinajstić information content (AvgIpc) is 3.63. The van der Waals surface area contributed by atoms with Gasteiger partial charge in [0.05, 0.1) is 26.4 Å². The van der Waals surface area contributed by atoms with Crippen LogP contribution in [0.25, 0.3) is 0 Å². The number of phosphoric ester groups is 2. The van der Waals surface area contributed by atoms with Gasteiger partial charge in [0.25, 0.3) is 0 Å². The summed E-state index contributed by atoms with van der Waals surface area (Å²) in [6.45, 7) is 7.22. The van der Waals surface area contributed by atoms with E-state index in [-0.39, 0.29) is 25.7 Å². The zero-order chi connectivity index (χ0) is 66.3. The van der Waals surface area contributed by atoms with Crippen LogP contribution in [0.3, 0.4) is 0 Å². The number of hydrogen-bond donors (Lipinski definition) is 3. The minimum Gasteiger partial charge on any atom is -0.462 e. The molecule has 0 saturated heterocycles. The van der Waals surface area contributed by atoms with Crippen molar-refractivity contribution in [3.8, 4) is 0 Å². The Labute approximate surface area is 549 Å². The molecule has 17 nitrogen and oxygen atoms in total. The second-order valence-corrected chi connectivity index (χ2v) is 29.0. The van der Waals surface area contributed by atoms with Gasteiger partial charge < -0.3 is 33.8 Å². The minimum atomic E-state index is -4.95. The lowest BCUT2D eigenvalue weighted by molar-refractivity contribution is -0.161. The third-order valence-corrected chi connectivity index (χ3v) is 18.4. The van der Waals surface area contributed by atoms with Crippen molar-refractivity contribution in [2.24, 2.45) is 5.92 Å². The van der Waals surface area contributed by atoms with Crippen LogP contribution < -0.4 is 0 Å². The highest BCUT2D eigenvalue weighted by molar-refractivity contribution is 7.47. The Hall–Kier alpha value is -1.94. The third-order valence-electron chi connectivity index (χ3n) is 16.5. The Bertz CT molecular complexity index is 1740. The molecule has 534 valence electrons. The number of esters is 4. The van der Waals surface area contributed by atoms with Gasteiger partial charge in [-0.2, -0.15) is 0 Å². The molecule has 0 saturated carbocycles. The van der Waals surface area contributed by atoms with E-state index < -0.39 is 97.5 Å². The van der Waals surface area contributed by atoms with Crippen molar-refractivity contribution >= 4 is 39.5 Å². The van der Waals surface area contributed by atoms with Crippen LogP contribution in [0.15, 0.2) is 0 Å². The topological polar surface area (TPSA) is 237 Å². The van der Waals surface area contributed by atoms with Crippen molar-refractivity contribution in [3.05, 3.63) is 0 Å². The number of carbonyl (C=O) groups excluding carboxylic acids is 4. The molecule has 0 bridgehead atoms. The van der Waals surface area contributed by atoms with Crippen molar-refractivity contribution in [2.75, 3.05) is 39.6 Å². The smallest absolute Gasteiger partial charge is 0.462 e. The molecule has 5 atom stereocenters. The molecule has 0 aliphatic heterocycles. The number of aliphatic hydroxyl groups excluding tert-OH is 1. The highest BCUT2D eigenvalue weighted by Gasteiger charge is 2.30. The van der Waals surface area contributed by atoms with E-state index in [0.29, 0.717) is 25.7 Å². The zero-order valence-corrected chi connectivity index (χ0v) is 60.1. The molecule has 0 rings (SSSR count). The Balaban J connectivity index is 5.21. The number of ether oxygens (including phenoxy) is 4. The van der Waals surface area contributed by atoms with Gasteiger partial charge in [0.15, 0.2) is 12.2 Å². The molecular formula is C71H138O17P2. The van der Waals surface area contributed by atoms with Gasteiger partial charge >= 0.3 is 39.5 Å². The van der Waals surface area contributed by atoms with Crippen molar-refractivity contribution in [1.82, 2.24) is 0 Å². The number of unbranched alkanes of at least 4 members (excludes halogenated alkanes) is 43. The van der Waals surface area contributed by atoms with Gasteiger partial charge in [-0.25, -0.2) is 9.13 Å². The SMILES string of the molecule is CCCCCCCCCCCCCCCCCCCCC(=O)O[C@H](COC(=O)CCCCCCCCCCCC(C)C)COP(=O)(O)OC[C@@H](O)COP(=O)(O)OC[C@@H](COC(=O)CCCCCCCCCCCC)OC(=O)CCCCCCCCCCCC. The standard InChI is InChI=1S/C71H138O17P2/c1-6-9-12-15-18-21-24-25-26-27-28-29-30-31-36-42-47-52-57-71(76)88-67(61-82-69(74)55-50-45-40-37-32-33-38-43-48-53-64(4)5)63-86-90(79,80)84-59-65(72)58-83-89(77,78)85-62-66(87-70(75)56-51-46-41-35-23-20-17-14-11-8-3)60-81-68(73)54-49-44-39-34-22-19-16-13-10-7-2/h64-67,72H,6-63H2,1-5H3,(H,77,78)(H,79,80)/t65-,66+,67+/m0/s1. The van der Waals surface area contributed by atoms with Gasteiger partial charge in [0.2, 0.25) is 0 Å². The van der Waals surface area contributed by atoms with Crippen LogP contribution in [0.5, 0.6) is 0 Å². The number of carbonyl (C=O) groups is 4. The fourth-order valence-corrected chi connectivity index (χ4v) is 12.4. The Morgan fingerprint density at radius 2 is 0.511 bits per heavy atom. The van der Waals surface area contributed by atoms with Crippen molar-refractivity contribution in [2.45, 2.75) is 387 Å². The molecular weight excluding hydrogens is 1190 g/mol. The maximum absolute atomic E-state index is 13.0. The van der Waals surface area contributed by atoms with Crippen LogP contribution >= 0.6 is 15.6 Å². The van der Waals surface area contributed by atoms with Crippen LogP contribution in [0.4, 0.5) is 0 Å². The van der Waals surface area contributed by atoms with E-state index in [9.17, 15) is 43.2 Å². The Morgan fingerprint density at radius 1 is 0.300 bits per heavy atom. The molecule has 19 heteroatoms. The first-order valence-electron chi connectivity index (χ1n) is 37.1. The quantitative estimate of drug-likeness (QED) is 0.0222. The van der Waals surface area contributed by atoms with E-state index in [1.165, 1.54) is 193 Å². The Morgan fingerprint density at radius 3 is 0.756 bits per heavy atom. The summed E-state index contributed by atoms with van der Waals surface area (Å²) in [5, 5.41) is 10.6. The molecule has 0 aliphatic carbocycles. The number of aliphatic hydroxyl groups is 1. The molecule has 0 radical (unpaired) electrons. The normalized spacial score (nSPS) is 14.1. The predicted octanol–water partition coefficient (Wildman–Crippen LogP) is 20.5. The fourth-order valence-electron chi connectivity index (χ4n) is 10.8.